The summed E-state index contributed by atoms with van der Waals surface area (Å²) in [6, 6.07) is 5.95. The average molecular weight is 376 g/mol. The second kappa shape index (κ2) is 8.61. The average Bonchev–Trinajstić information content (AvgIpc) is 3.10. The van der Waals surface area contributed by atoms with Gasteiger partial charge in [0.2, 0.25) is 11.8 Å². The smallest absolute Gasteiger partial charge is 0.260 e. The SMILES string of the molecule is Cc1noc(CNC(=O)C2CCN(C(=O)COc3ccccc3F)CC2)n1. The molecule has 0 unspecified atom stereocenters. The van der Waals surface area contributed by atoms with Crippen molar-refractivity contribution in [2.24, 2.45) is 5.92 Å². The minimum atomic E-state index is -0.503. The largest absolute Gasteiger partial charge is 0.481 e. The van der Waals surface area contributed by atoms with Gasteiger partial charge in [0.25, 0.3) is 5.91 Å². The van der Waals surface area contributed by atoms with Crippen LogP contribution in [0.4, 0.5) is 4.39 Å². The van der Waals surface area contributed by atoms with E-state index in [2.05, 4.69) is 15.5 Å². The van der Waals surface area contributed by atoms with Crippen molar-refractivity contribution in [3.8, 4) is 5.75 Å². The number of likely N-dealkylation sites (tertiary alicyclic amines) is 1. The van der Waals surface area contributed by atoms with E-state index in [1.165, 1.54) is 12.1 Å². The third-order valence-corrected chi connectivity index (χ3v) is 4.39. The van der Waals surface area contributed by atoms with Crippen molar-refractivity contribution >= 4 is 11.8 Å². The van der Waals surface area contributed by atoms with Crippen molar-refractivity contribution in [2.75, 3.05) is 19.7 Å². The minimum absolute atomic E-state index is 0.0522. The van der Waals surface area contributed by atoms with Crippen molar-refractivity contribution < 1.29 is 23.2 Å². The molecule has 1 saturated heterocycles. The first-order chi connectivity index (χ1) is 13.0. The molecule has 0 bridgehead atoms. The Kier molecular flexibility index (Phi) is 6.00. The molecule has 1 aliphatic rings. The molecule has 0 saturated carbocycles. The molecule has 2 aromatic rings. The second-order valence-corrected chi connectivity index (χ2v) is 6.33. The Morgan fingerprint density at radius 3 is 2.74 bits per heavy atom. The highest BCUT2D eigenvalue weighted by Gasteiger charge is 2.27. The van der Waals surface area contributed by atoms with Crippen molar-refractivity contribution in [1.82, 2.24) is 20.4 Å². The third kappa shape index (κ3) is 5.02. The molecule has 0 spiro atoms. The van der Waals surface area contributed by atoms with Crippen LogP contribution in [0.3, 0.4) is 0 Å². The van der Waals surface area contributed by atoms with Gasteiger partial charge in [-0.1, -0.05) is 17.3 Å². The number of aromatic nitrogens is 2. The van der Waals surface area contributed by atoms with Gasteiger partial charge in [-0.15, -0.1) is 0 Å². The van der Waals surface area contributed by atoms with Gasteiger partial charge < -0.3 is 19.5 Å². The number of benzene rings is 1. The molecule has 0 atom stereocenters. The monoisotopic (exact) mass is 376 g/mol. The number of aryl methyl sites for hydroxylation is 1. The van der Waals surface area contributed by atoms with Gasteiger partial charge in [-0.25, -0.2) is 4.39 Å². The van der Waals surface area contributed by atoms with E-state index >= 15 is 0 Å². The highest BCUT2D eigenvalue weighted by atomic mass is 19.1. The second-order valence-electron chi connectivity index (χ2n) is 6.33. The molecule has 144 valence electrons. The number of halogens is 1. The van der Waals surface area contributed by atoms with E-state index in [1.54, 1.807) is 24.0 Å². The first kappa shape index (κ1) is 18.8. The minimum Gasteiger partial charge on any atom is -0.481 e. The molecule has 9 heteroatoms. The maximum atomic E-state index is 13.5. The molecule has 1 aliphatic heterocycles. The van der Waals surface area contributed by atoms with Crippen LogP contribution in [-0.4, -0.2) is 46.6 Å². The maximum Gasteiger partial charge on any atom is 0.260 e. The molecular weight excluding hydrogens is 355 g/mol. The van der Waals surface area contributed by atoms with E-state index < -0.39 is 5.82 Å². The summed E-state index contributed by atoms with van der Waals surface area (Å²) in [5, 5.41) is 6.44. The lowest BCUT2D eigenvalue weighted by atomic mass is 9.96. The van der Waals surface area contributed by atoms with E-state index in [0.29, 0.717) is 37.6 Å². The highest BCUT2D eigenvalue weighted by molar-refractivity contribution is 5.80. The molecule has 2 amide bonds. The van der Waals surface area contributed by atoms with E-state index in [9.17, 15) is 14.0 Å². The molecule has 1 fully saturated rings. The van der Waals surface area contributed by atoms with Crippen molar-refractivity contribution in [3.05, 3.63) is 41.8 Å². The van der Waals surface area contributed by atoms with Gasteiger partial charge in [-0.05, 0) is 31.9 Å². The number of rotatable bonds is 6. The molecule has 0 radical (unpaired) electrons. The van der Waals surface area contributed by atoms with Crippen molar-refractivity contribution in [3.63, 3.8) is 0 Å². The third-order valence-electron chi connectivity index (χ3n) is 4.39. The summed E-state index contributed by atoms with van der Waals surface area (Å²) in [4.78, 5) is 30.1. The fourth-order valence-corrected chi connectivity index (χ4v) is 2.90. The topological polar surface area (TPSA) is 97.6 Å². The van der Waals surface area contributed by atoms with E-state index in [0.717, 1.165) is 0 Å². The van der Waals surface area contributed by atoms with Gasteiger partial charge in [0.15, 0.2) is 24.0 Å². The van der Waals surface area contributed by atoms with Crippen LogP contribution in [0.1, 0.15) is 24.6 Å². The summed E-state index contributed by atoms with van der Waals surface area (Å²) >= 11 is 0. The fraction of sp³-hybridized carbons (Fsp3) is 0.444. The zero-order valence-electron chi connectivity index (χ0n) is 15.0. The zero-order valence-corrected chi connectivity index (χ0v) is 15.0. The Labute approximate surface area is 155 Å². The number of carbonyl (C=O) groups excluding carboxylic acids is 2. The predicted molar refractivity (Wildman–Crippen MR) is 92.1 cm³/mol. The molecular formula is C18H21FN4O4. The number of nitrogens with zero attached hydrogens (tertiary/aromatic N) is 3. The molecule has 3 rings (SSSR count). The van der Waals surface area contributed by atoms with Gasteiger partial charge in [0, 0.05) is 19.0 Å². The van der Waals surface area contributed by atoms with Crippen molar-refractivity contribution in [1.29, 1.82) is 0 Å². The number of ether oxygens (including phenoxy) is 1. The van der Waals surface area contributed by atoms with Crippen LogP contribution in [0, 0.1) is 18.7 Å². The molecule has 8 nitrogen and oxygen atoms in total. The summed E-state index contributed by atoms with van der Waals surface area (Å²) in [6.45, 7) is 2.58. The standard InChI is InChI=1S/C18H21FN4O4/c1-12-21-16(27-22-12)10-20-18(25)13-6-8-23(9-7-13)17(24)11-26-15-5-3-2-4-14(15)19/h2-5,13H,6-11H2,1H3,(H,20,25). The quantitative estimate of drug-likeness (QED) is 0.820. The Morgan fingerprint density at radius 2 is 2.07 bits per heavy atom. The number of hydrogen-bond acceptors (Lipinski definition) is 6. The van der Waals surface area contributed by atoms with E-state index in [-0.39, 0.29) is 36.6 Å². The normalized spacial score (nSPS) is 14.8. The van der Waals surface area contributed by atoms with Gasteiger partial charge in [-0.2, -0.15) is 4.98 Å². The lowest BCUT2D eigenvalue weighted by Crippen LogP contribution is -2.44. The van der Waals surface area contributed by atoms with Crippen LogP contribution in [0.2, 0.25) is 0 Å². The number of amides is 2. The van der Waals surface area contributed by atoms with Crippen LogP contribution in [0.5, 0.6) is 5.75 Å². The first-order valence-corrected chi connectivity index (χ1v) is 8.75. The lowest BCUT2D eigenvalue weighted by molar-refractivity contribution is -0.137. The molecule has 1 N–H and O–H groups in total. The number of hydrogen-bond donors (Lipinski definition) is 1. The van der Waals surface area contributed by atoms with Crippen LogP contribution in [0.15, 0.2) is 28.8 Å². The van der Waals surface area contributed by atoms with Gasteiger partial charge in [0.05, 0.1) is 6.54 Å². The van der Waals surface area contributed by atoms with E-state index in [4.69, 9.17) is 9.26 Å². The summed E-state index contributed by atoms with van der Waals surface area (Å²) < 4.78 is 23.7. The van der Waals surface area contributed by atoms with Crippen LogP contribution >= 0.6 is 0 Å². The Balaban J connectivity index is 1.40. The number of nitrogens with one attached hydrogen (secondary N) is 1. The molecule has 27 heavy (non-hydrogen) atoms. The summed E-state index contributed by atoms with van der Waals surface area (Å²) in [5.41, 5.74) is 0. The number of piperidine rings is 1. The Hall–Kier alpha value is -2.97. The van der Waals surface area contributed by atoms with Crippen LogP contribution in [0.25, 0.3) is 0 Å². The van der Waals surface area contributed by atoms with Crippen LogP contribution in [-0.2, 0) is 16.1 Å². The predicted octanol–water partition coefficient (Wildman–Crippen LogP) is 1.45. The fourth-order valence-electron chi connectivity index (χ4n) is 2.90. The maximum absolute atomic E-state index is 13.5. The molecule has 1 aromatic carbocycles. The highest BCUT2D eigenvalue weighted by Crippen LogP contribution is 2.19. The molecule has 2 heterocycles. The summed E-state index contributed by atoms with van der Waals surface area (Å²) in [7, 11) is 0. The first-order valence-electron chi connectivity index (χ1n) is 8.75. The van der Waals surface area contributed by atoms with Crippen molar-refractivity contribution in [2.45, 2.75) is 26.3 Å². The summed E-state index contributed by atoms with van der Waals surface area (Å²) in [5.74, 6) is -0.0690. The molecule has 1 aromatic heterocycles. The Bertz CT molecular complexity index is 802. The van der Waals surface area contributed by atoms with Gasteiger partial charge in [-0.3, -0.25) is 9.59 Å². The summed E-state index contributed by atoms with van der Waals surface area (Å²) in [6.07, 6.45) is 1.11. The van der Waals surface area contributed by atoms with E-state index in [1.807, 2.05) is 0 Å². The number of para-hydroxylation sites is 1. The zero-order chi connectivity index (χ0) is 19.2. The van der Waals surface area contributed by atoms with Gasteiger partial charge in [0.1, 0.15) is 0 Å². The van der Waals surface area contributed by atoms with Gasteiger partial charge >= 0.3 is 0 Å². The van der Waals surface area contributed by atoms with Crippen LogP contribution < -0.4 is 10.1 Å². The Morgan fingerprint density at radius 1 is 1.33 bits per heavy atom. The number of carbonyl (C=O) groups is 2. The lowest BCUT2D eigenvalue weighted by Gasteiger charge is -2.31. The molecule has 0 aliphatic carbocycles.